The number of ketones is 1. The summed E-state index contributed by atoms with van der Waals surface area (Å²) in [6.07, 6.45) is 1.43. The van der Waals surface area contributed by atoms with Crippen molar-refractivity contribution in [3.63, 3.8) is 0 Å². The number of hydrogen-bond donors (Lipinski definition) is 0. The highest BCUT2D eigenvalue weighted by Gasteiger charge is 2.44. The molecule has 1 fully saturated rings. The number of hydrogen-bond acceptors (Lipinski definition) is 4. The second-order valence-electron chi connectivity index (χ2n) is 8.13. The minimum atomic E-state index is -0.593. The first-order valence-corrected chi connectivity index (χ1v) is 11.2. The van der Waals surface area contributed by atoms with E-state index in [0.717, 1.165) is 11.1 Å². The molecule has 0 radical (unpaired) electrons. The molecule has 2 heterocycles. The number of Topliss-reactive ketones (excluding diaryl/α,β-unsaturated/α-hetero) is 1. The smallest absolute Gasteiger partial charge is 0.260 e. The van der Waals surface area contributed by atoms with Crippen molar-refractivity contribution in [1.29, 1.82) is 0 Å². The van der Waals surface area contributed by atoms with Gasteiger partial charge in [0.25, 0.3) is 5.91 Å². The first-order chi connectivity index (χ1) is 14.7. The van der Waals surface area contributed by atoms with Crippen molar-refractivity contribution in [3.05, 3.63) is 56.0 Å². The van der Waals surface area contributed by atoms with Crippen LogP contribution in [0.3, 0.4) is 0 Å². The van der Waals surface area contributed by atoms with E-state index in [4.69, 9.17) is 44.3 Å². The molecule has 1 spiro atoms. The molecular weight excluding hydrogens is 461 g/mol. The highest BCUT2D eigenvalue weighted by atomic mass is 35.5. The molecule has 0 atom stereocenters. The Balaban J connectivity index is 1.41. The molecular formula is C23H22Cl3NO4. The Bertz CT molecular complexity index is 1060. The van der Waals surface area contributed by atoms with Gasteiger partial charge in [-0.2, -0.15) is 0 Å². The van der Waals surface area contributed by atoms with Crippen molar-refractivity contribution >= 4 is 46.5 Å². The van der Waals surface area contributed by atoms with E-state index in [1.165, 1.54) is 0 Å². The SMILES string of the molecule is Cc1cc2c(c(C)c1Cl)C(=O)CC1(CCN(C(=O)COc3cc(Cl)ccc3Cl)CC1)O2. The third-order valence-electron chi connectivity index (χ3n) is 6.00. The van der Waals surface area contributed by atoms with Crippen molar-refractivity contribution in [1.82, 2.24) is 4.90 Å². The standard InChI is InChI=1S/C23H22Cl3NO4/c1-13-9-19-21(14(2)22(13)26)17(28)11-23(31-19)5-7-27(8-6-23)20(29)12-30-18-10-15(24)3-4-16(18)25/h3-4,9-10H,5-8,11-12H2,1-2H3. The van der Waals surface area contributed by atoms with Gasteiger partial charge in [-0.15, -0.1) is 0 Å². The minimum Gasteiger partial charge on any atom is -0.486 e. The zero-order valence-corrected chi connectivity index (χ0v) is 19.5. The van der Waals surface area contributed by atoms with E-state index in [1.54, 1.807) is 23.1 Å². The lowest BCUT2D eigenvalue weighted by Gasteiger charge is -2.44. The normalized spacial score (nSPS) is 17.3. The molecule has 31 heavy (non-hydrogen) atoms. The van der Waals surface area contributed by atoms with Crippen LogP contribution in [-0.2, 0) is 4.79 Å². The van der Waals surface area contributed by atoms with Gasteiger partial charge in [0, 0.05) is 42.0 Å². The molecule has 1 amide bonds. The summed E-state index contributed by atoms with van der Waals surface area (Å²) < 4.78 is 11.9. The molecule has 4 rings (SSSR count). The van der Waals surface area contributed by atoms with Gasteiger partial charge < -0.3 is 14.4 Å². The van der Waals surface area contributed by atoms with Gasteiger partial charge in [-0.05, 0) is 43.2 Å². The minimum absolute atomic E-state index is 0.0411. The quantitative estimate of drug-likeness (QED) is 0.566. The summed E-state index contributed by atoms with van der Waals surface area (Å²) in [5.41, 5.74) is 1.63. The third-order valence-corrected chi connectivity index (χ3v) is 7.13. The van der Waals surface area contributed by atoms with Gasteiger partial charge in [0.2, 0.25) is 0 Å². The zero-order valence-electron chi connectivity index (χ0n) is 17.3. The van der Waals surface area contributed by atoms with Gasteiger partial charge in [0.1, 0.15) is 17.1 Å². The van der Waals surface area contributed by atoms with Gasteiger partial charge in [-0.25, -0.2) is 0 Å². The Labute approximate surface area is 196 Å². The van der Waals surface area contributed by atoms with Crippen LogP contribution < -0.4 is 9.47 Å². The number of aryl methyl sites for hydroxylation is 1. The summed E-state index contributed by atoms with van der Waals surface area (Å²) in [6, 6.07) is 6.70. The average molecular weight is 483 g/mol. The van der Waals surface area contributed by atoms with E-state index in [0.29, 0.717) is 58.1 Å². The molecule has 8 heteroatoms. The number of carbonyl (C=O) groups excluding carboxylic acids is 2. The second kappa shape index (κ2) is 8.53. The van der Waals surface area contributed by atoms with Crippen molar-refractivity contribution < 1.29 is 19.1 Å². The van der Waals surface area contributed by atoms with Crippen molar-refractivity contribution in [2.24, 2.45) is 0 Å². The number of rotatable bonds is 3. The third kappa shape index (κ3) is 4.36. The number of nitrogens with zero attached hydrogens (tertiary/aromatic N) is 1. The highest BCUT2D eigenvalue weighted by Crippen LogP contribution is 2.43. The molecule has 0 aliphatic carbocycles. The number of amides is 1. The number of benzene rings is 2. The largest absolute Gasteiger partial charge is 0.486 e. The van der Waals surface area contributed by atoms with Crippen LogP contribution in [0.15, 0.2) is 24.3 Å². The predicted molar refractivity (Wildman–Crippen MR) is 121 cm³/mol. The number of ether oxygens (including phenoxy) is 2. The first-order valence-electron chi connectivity index (χ1n) is 10.1. The maximum atomic E-state index is 12.9. The number of carbonyl (C=O) groups is 2. The lowest BCUT2D eigenvalue weighted by Crippen LogP contribution is -2.53. The molecule has 0 bridgehead atoms. The lowest BCUT2D eigenvalue weighted by atomic mass is 9.81. The van der Waals surface area contributed by atoms with E-state index in [2.05, 4.69) is 0 Å². The molecule has 5 nitrogen and oxygen atoms in total. The predicted octanol–water partition coefficient (Wildman–Crippen LogP) is 5.67. The summed E-state index contributed by atoms with van der Waals surface area (Å²) in [5, 5.41) is 1.48. The Morgan fingerprint density at radius 2 is 1.87 bits per heavy atom. The Kier molecular flexibility index (Phi) is 6.12. The maximum Gasteiger partial charge on any atom is 0.260 e. The van der Waals surface area contributed by atoms with Crippen LogP contribution in [0.25, 0.3) is 0 Å². The van der Waals surface area contributed by atoms with Crippen molar-refractivity contribution in [2.75, 3.05) is 19.7 Å². The lowest BCUT2D eigenvalue weighted by molar-refractivity contribution is -0.136. The van der Waals surface area contributed by atoms with Crippen LogP contribution in [-0.4, -0.2) is 41.9 Å². The molecule has 0 aromatic heterocycles. The zero-order chi connectivity index (χ0) is 22.3. The fourth-order valence-corrected chi connectivity index (χ4v) is 4.74. The Hall–Kier alpha value is -1.95. The number of halogens is 3. The topological polar surface area (TPSA) is 55.8 Å². The molecule has 2 aliphatic rings. The van der Waals surface area contributed by atoms with E-state index in [9.17, 15) is 9.59 Å². The van der Waals surface area contributed by atoms with Crippen LogP contribution in [0, 0.1) is 13.8 Å². The average Bonchev–Trinajstić information content (AvgIpc) is 2.72. The van der Waals surface area contributed by atoms with E-state index >= 15 is 0 Å². The summed E-state index contributed by atoms with van der Waals surface area (Å²) in [4.78, 5) is 27.3. The maximum absolute atomic E-state index is 12.9. The van der Waals surface area contributed by atoms with Gasteiger partial charge in [0.05, 0.1) is 17.0 Å². The van der Waals surface area contributed by atoms with Crippen LogP contribution in [0.5, 0.6) is 11.5 Å². The van der Waals surface area contributed by atoms with Crippen LogP contribution in [0.1, 0.15) is 40.7 Å². The van der Waals surface area contributed by atoms with E-state index in [1.807, 2.05) is 19.9 Å². The summed E-state index contributed by atoms with van der Waals surface area (Å²) >= 11 is 18.4. The van der Waals surface area contributed by atoms with Crippen LogP contribution >= 0.6 is 34.8 Å². The molecule has 0 saturated carbocycles. The second-order valence-corrected chi connectivity index (χ2v) is 9.36. The van der Waals surface area contributed by atoms with Gasteiger partial charge in [-0.1, -0.05) is 34.8 Å². The summed E-state index contributed by atoms with van der Waals surface area (Å²) in [6.45, 7) is 4.59. The van der Waals surface area contributed by atoms with Gasteiger partial charge >= 0.3 is 0 Å². The summed E-state index contributed by atoms with van der Waals surface area (Å²) in [7, 11) is 0. The van der Waals surface area contributed by atoms with Crippen LogP contribution in [0.4, 0.5) is 0 Å². The molecule has 0 N–H and O–H groups in total. The molecule has 2 aromatic carbocycles. The Morgan fingerprint density at radius 3 is 2.58 bits per heavy atom. The van der Waals surface area contributed by atoms with Gasteiger partial charge in [0.15, 0.2) is 12.4 Å². The van der Waals surface area contributed by atoms with E-state index in [-0.39, 0.29) is 24.7 Å². The van der Waals surface area contributed by atoms with Crippen LogP contribution in [0.2, 0.25) is 15.1 Å². The fourth-order valence-electron chi connectivity index (χ4n) is 4.26. The Morgan fingerprint density at radius 1 is 1.16 bits per heavy atom. The molecule has 2 aliphatic heterocycles. The molecule has 2 aromatic rings. The highest BCUT2D eigenvalue weighted by molar-refractivity contribution is 6.34. The monoisotopic (exact) mass is 481 g/mol. The number of fused-ring (bicyclic) bond motifs is 1. The fraction of sp³-hybridized carbons (Fsp3) is 0.391. The van der Waals surface area contributed by atoms with Crippen molar-refractivity contribution in [3.8, 4) is 11.5 Å². The molecule has 164 valence electrons. The molecule has 1 saturated heterocycles. The number of likely N-dealkylation sites (tertiary alicyclic amines) is 1. The summed E-state index contributed by atoms with van der Waals surface area (Å²) in [5.74, 6) is 0.860. The van der Waals surface area contributed by atoms with E-state index < -0.39 is 5.60 Å². The first kappa shape index (κ1) is 22.3. The number of piperidine rings is 1. The van der Waals surface area contributed by atoms with Gasteiger partial charge in [-0.3, -0.25) is 9.59 Å². The van der Waals surface area contributed by atoms with Crippen molar-refractivity contribution in [2.45, 2.75) is 38.7 Å². The molecule has 0 unspecified atom stereocenters.